The van der Waals surface area contributed by atoms with E-state index in [-0.39, 0.29) is 5.97 Å². The van der Waals surface area contributed by atoms with Crippen molar-refractivity contribution in [1.82, 2.24) is 0 Å². The van der Waals surface area contributed by atoms with Gasteiger partial charge in [0.15, 0.2) is 0 Å². The normalized spacial score (nSPS) is 10.8. The number of hydrogen-bond donors (Lipinski definition) is 1. The second-order valence-corrected chi connectivity index (χ2v) is 8.05. The summed E-state index contributed by atoms with van der Waals surface area (Å²) in [4.78, 5) is 12.2. The average molecular weight is 381 g/mol. The molecule has 4 heteroatoms. The lowest BCUT2D eigenvalue weighted by molar-refractivity contribution is -0.140. The number of thioether (sulfide) groups is 1. The van der Waals surface area contributed by atoms with Gasteiger partial charge in [0, 0.05) is 11.3 Å². The summed E-state index contributed by atoms with van der Waals surface area (Å²) >= 11 is 1.71. The van der Waals surface area contributed by atoms with Crippen molar-refractivity contribution in [3.8, 4) is 5.75 Å². The number of carbonyl (C=O) groups is 1. The van der Waals surface area contributed by atoms with Gasteiger partial charge in [0.1, 0.15) is 5.75 Å². The van der Waals surface area contributed by atoms with Crippen LogP contribution in [0.2, 0.25) is 0 Å². The van der Waals surface area contributed by atoms with Crippen LogP contribution in [0.15, 0.2) is 23.1 Å². The van der Waals surface area contributed by atoms with Crippen LogP contribution in [-0.2, 0) is 16.0 Å². The number of methoxy groups -OCH3 is 1. The Morgan fingerprint density at radius 2 is 1.62 bits per heavy atom. The number of aryl methyl sites for hydroxylation is 1. The number of phenols is 1. The van der Waals surface area contributed by atoms with Gasteiger partial charge in [-0.3, -0.25) is 4.79 Å². The molecule has 0 bridgehead atoms. The monoisotopic (exact) mass is 380 g/mol. The van der Waals surface area contributed by atoms with E-state index in [0.29, 0.717) is 18.6 Å². The van der Waals surface area contributed by atoms with E-state index in [1.807, 2.05) is 12.1 Å². The smallest absolute Gasteiger partial charge is 0.305 e. The third-order valence-electron chi connectivity index (χ3n) is 4.63. The van der Waals surface area contributed by atoms with Crippen LogP contribution in [0.1, 0.15) is 83.1 Å². The van der Waals surface area contributed by atoms with Crippen LogP contribution in [0, 0.1) is 0 Å². The summed E-state index contributed by atoms with van der Waals surface area (Å²) in [5.41, 5.74) is 1.07. The Kier molecular flexibility index (Phi) is 13.2. The highest BCUT2D eigenvalue weighted by molar-refractivity contribution is 7.99. The van der Waals surface area contributed by atoms with Gasteiger partial charge in [-0.15, -0.1) is 11.8 Å². The van der Waals surface area contributed by atoms with Gasteiger partial charge < -0.3 is 9.84 Å². The molecule has 0 aliphatic heterocycles. The molecule has 0 amide bonds. The minimum Gasteiger partial charge on any atom is -0.507 e. The Labute approximate surface area is 163 Å². The highest BCUT2D eigenvalue weighted by atomic mass is 32.2. The lowest BCUT2D eigenvalue weighted by Gasteiger charge is -2.08. The predicted molar refractivity (Wildman–Crippen MR) is 111 cm³/mol. The number of esters is 1. The van der Waals surface area contributed by atoms with E-state index < -0.39 is 0 Å². The summed E-state index contributed by atoms with van der Waals surface area (Å²) in [5, 5.41) is 10.0. The maximum atomic E-state index is 11.2. The van der Waals surface area contributed by atoms with Crippen molar-refractivity contribution in [3.63, 3.8) is 0 Å². The molecule has 0 aliphatic carbocycles. The molecule has 1 rings (SSSR count). The summed E-state index contributed by atoms with van der Waals surface area (Å²) in [6, 6.07) is 5.61. The van der Waals surface area contributed by atoms with Gasteiger partial charge in [-0.05, 0) is 36.3 Å². The predicted octanol–water partition coefficient (Wildman–Crippen LogP) is 6.51. The van der Waals surface area contributed by atoms with Crippen molar-refractivity contribution in [1.29, 1.82) is 0 Å². The molecule has 0 aliphatic rings. The number of benzene rings is 1. The zero-order chi connectivity index (χ0) is 19.0. The Morgan fingerprint density at radius 1 is 1.00 bits per heavy atom. The molecule has 0 saturated heterocycles. The molecule has 0 fully saturated rings. The first-order chi connectivity index (χ1) is 12.7. The maximum Gasteiger partial charge on any atom is 0.305 e. The van der Waals surface area contributed by atoms with E-state index in [0.717, 1.165) is 16.2 Å². The second kappa shape index (κ2) is 15.0. The van der Waals surface area contributed by atoms with Crippen molar-refractivity contribution in [2.45, 2.75) is 88.9 Å². The molecule has 26 heavy (non-hydrogen) atoms. The second-order valence-electron chi connectivity index (χ2n) is 6.91. The quantitative estimate of drug-likeness (QED) is 0.214. The fourth-order valence-electron chi connectivity index (χ4n) is 2.95. The number of phenolic OH excluding ortho intramolecular Hbond substituents is 1. The van der Waals surface area contributed by atoms with E-state index in [4.69, 9.17) is 0 Å². The molecule has 0 saturated carbocycles. The fraction of sp³-hybridized carbons (Fsp3) is 0.682. The highest BCUT2D eigenvalue weighted by Crippen LogP contribution is 2.30. The number of carbonyl (C=O) groups excluding carboxylic acids is 1. The zero-order valence-electron chi connectivity index (χ0n) is 16.6. The fourth-order valence-corrected chi connectivity index (χ4v) is 3.97. The summed E-state index contributed by atoms with van der Waals surface area (Å²) in [7, 11) is 1.41. The van der Waals surface area contributed by atoms with Crippen molar-refractivity contribution >= 4 is 17.7 Å². The van der Waals surface area contributed by atoms with E-state index in [1.54, 1.807) is 17.8 Å². The van der Waals surface area contributed by atoms with E-state index in [1.165, 1.54) is 71.3 Å². The highest BCUT2D eigenvalue weighted by Gasteiger charge is 2.06. The van der Waals surface area contributed by atoms with E-state index in [9.17, 15) is 9.90 Å². The van der Waals surface area contributed by atoms with Crippen LogP contribution in [0.4, 0.5) is 0 Å². The molecule has 0 unspecified atom stereocenters. The van der Waals surface area contributed by atoms with Gasteiger partial charge in [0.05, 0.1) is 7.11 Å². The van der Waals surface area contributed by atoms with Gasteiger partial charge in [0.2, 0.25) is 0 Å². The van der Waals surface area contributed by atoms with Crippen LogP contribution in [-0.4, -0.2) is 23.9 Å². The molecule has 0 aromatic heterocycles. The molecular weight excluding hydrogens is 344 g/mol. The van der Waals surface area contributed by atoms with Crippen molar-refractivity contribution in [2.75, 3.05) is 12.9 Å². The van der Waals surface area contributed by atoms with Crippen LogP contribution in [0.5, 0.6) is 5.75 Å². The topological polar surface area (TPSA) is 46.5 Å². The van der Waals surface area contributed by atoms with Gasteiger partial charge >= 0.3 is 5.97 Å². The molecule has 0 heterocycles. The molecule has 1 N–H and O–H groups in total. The average Bonchev–Trinajstić information content (AvgIpc) is 2.66. The lowest BCUT2D eigenvalue weighted by Crippen LogP contribution is -2.01. The van der Waals surface area contributed by atoms with Crippen molar-refractivity contribution in [2.24, 2.45) is 0 Å². The van der Waals surface area contributed by atoms with Crippen LogP contribution in [0.25, 0.3) is 0 Å². The Balaban J connectivity index is 2.13. The lowest BCUT2D eigenvalue weighted by atomic mass is 10.1. The Bertz CT molecular complexity index is 502. The zero-order valence-corrected chi connectivity index (χ0v) is 17.4. The molecule has 1 aromatic carbocycles. The molecule has 3 nitrogen and oxygen atoms in total. The molecule has 0 spiro atoms. The minimum atomic E-state index is -0.197. The van der Waals surface area contributed by atoms with Crippen LogP contribution < -0.4 is 0 Å². The first-order valence-electron chi connectivity index (χ1n) is 10.2. The van der Waals surface area contributed by atoms with Crippen LogP contribution >= 0.6 is 11.8 Å². The molecular formula is C22H36O3S. The first-order valence-corrected chi connectivity index (χ1v) is 11.2. The molecule has 0 atom stereocenters. The Morgan fingerprint density at radius 3 is 2.23 bits per heavy atom. The number of unbranched alkanes of at least 4 members (excludes halogenated alkanes) is 9. The van der Waals surface area contributed by atoms with Crippen molar-refractivity contribution < 1.29 is 14.6 Å². The number of ether oxygens (including phenoxy) is 1. The molecule has 1 aromatic rings. The number of hydrogen-bond acceptors (Lipinski definition) is 4. The first kappa shape index (κ1) is 22.9. The van der Waals surface area contributed by atoms with Gasteiger partial charge in [0.25, 0.3) is 0 Å². The molecule has 148 valence electrons. The van der Waals surface area contributed by atoms with Gasteiger partial charge in [-0.1, -0.05) is 70.8 Å². The summed E-state index contributed by atoms with van der Waals surface area (Å²) in [6.07, 6.45) is 14.4. The number of rotatable bonds is 15. The summed E-state index contributed by atoms with van der Waals surface area (Å²) < 4.78 is 4.68. The van der Waals surface area contributed by atoms with Gasteiger partial charge in [-0.2, -0.15) is 0 Å². The standard InChI is InChI=1S/C22H36O3S/c1-3-4-5-6-7-8-9-10-11-12-17-26-21-18-19(13-15-20(21)23)14-16-22(24)25-2/h13,15,18,23H,3-12,14,16-17H2,1-2H3. The van der Waals surface area contributed by atoms with E-state index >= 15 is 0 Å². The SMILES string of the molecule is CCCCCCCCCCCCSc1cc(CCC(=O)OC)ccc1O. The van der Waals surface area contributed by atoms with Crippen molar-refractivity contribution in [3.05, 3.63) is 23.8 Å². The molecule has 0 radical (unpaired) electrons. The third kappa shape index (κ3) is 10.7. The van der Waals surface area contributed by atoms with Crippen LogP contribution in [0.3, 0.4) is 0 Å². The number of aromatic hydroxyl groups is 1. The summed E-state index contributed by atoms with van der Waals surface area (Å²) in [5.74, 6) is 1.17. The Hall–Kier alpha value is -1.16. The maximum absolute atomic E-state index is 11.2. The third-order valence-corrected chi connectivity index (χ3v) is 5.76. The largest absolute Gasteiger partial charge is 0.507 e. The summed E-state index contributed by atoms with van der Waals surface area (Å²) in [6.45, 7) is 2.26. The van der Waals surface area contributed by atoms with Gasteiger partial charge in [-0.25, -0.2) is 0 Å². The minimum absolute atomic E-state index is 0.197. The van der Waals surface area contributed by atoms with E-state index in [2.05, 4.69) is 11.7 Å².